The number of aryl methyl sites for hydroxylation is 1. The summed E-state index contributed by atoms with van der Waals surface area (Å²) in [5.74, 6) is 0. The van der Waals surface area contributed by atoms with E-state index in [4.69, 9.17) is 11.6 Å². The van der Waals surface area contributed by atoms with Crippen molar-refractivity contribution in [3.05, 3.63) is 11.2 Å². The zero-order valence-electron chi connectivity index (χ0n) is 11.1. The third-order valence-electron chi connectivity index (χ3n) is 3.60. The molecule has 1 aliphatic rings. The third-order valence-corrected chi connectivity index (χ3v) is 5.50. The Kier molecular flexibility index (Phi) is 4.20. The van der Waals surface area contributed by atoms with Crippen LogP contribution in [-0.2, 0) is 17.1 Å². The number of nitrogens with one attached hydrogen (secondary N) is 2. The van der Waals surface area contributed by atoms with Crippen molar-refractivity contribution in [2.75, 3.05) is 19.6 Å². The maximum Gasteiger partial charge on any atom is 0.259 e. The van der Waals surface area contributed by atoms with Crippen LogP contribution < -0.4 is 10.0 Å². The van der Waals surface area contributed by atoms with Crippen LogP contribution in [0.5, 0.6) is 0 Å². The van der Waals surface area contributed by atoms with Crippen LogP contribution in [0.2, 0.25) is 5.02 Å². The minimum Gasteiger partial charge on any atom is -0.317 e. The summed E-state index contributed by atoms with van der Waals surface area (Å²) < 4.78 is 28.4. The van der Waals surface area contributed by atoms with E-state index in [9.17, 15) is 8.42 Å². The summed E-state index contributed by atoms with van der Waals surface area (Å²) in [6.45, 7) is 4.36. The lowest BCUT2D eigenvalue weighted by Gasteiger charge is -2.34. The van der Waals surface area contributed by atoms with Crippen molar-refractivity contribution in [2.24, 2.45) is 12.5 Å². The van der Waals surface area contributed by atoms with Crippen molar-refractivity contribution in [3.8, 4) is 0 Å². The highest BCUT2D eigenvalue weighted by molar-refractivity contribution is 7.89. The van der Waals surface area contributed by atoms with Crippen LogP contribution in [0.3, 0.4) is 0 Å². The first kappa shape index (κ1) is 14.8. The van der Waals surface area contributed by atoms with Crippen molar-refractivity contribution in [1.29, 1.82) is 0 Å². The summed E-state index contributed by atoms with van der Waals surface area (Å²) in [7, 11) is -2.06. The number of piperidine rings is 1. The molecule has 0 atom stereocenters. The molecule has 1 saturated heterocycles. The fourth-order valence-corrected chi connectivity index (χ4v) is 4.10. The maximum absolute atomic E-state index is 12.2. The second-order valence-electron chi connectivity index (χ2n) is 5.31. The Bertz CT molecular complexity index is 530. The smallest absolute Gasteiger partial charge is 0.259 e. The predicted molar refractivity (Wildman–Crippen MR) is 73.6 cm³/mol. The minimum atomic E-state index is -3.62. The van der Waals surface area contributed by atoms with Crippen LogP contribution in [-0.4, -0.2) is 37.8 Å². The van der Waals surface area contributed by atoms with Crippen molar-refractivity contribution < 1.29 is 8.42 Å². The van der Waals surface area contributed by atoms with Crippen LogP contribution in [0.25, 0.3) is 0 Å². The van der Waals surface area contributed by atoms with Gasteiger partial charge in [-0.15, -0.1) is 0 Å². The highest BCUT2D eigenvalue weighted by Gasteiger charge is 2.30. The first-order valence-corrected chi connectivity index (χ1v) is 8.08. The first-order valence-electron chi connectivity index (χ1n) is 6.22. The van der Waals surface area contributed by atoms with E-state index >= 15 is 0 Å². The van der Waals surface area contributed by atoms with Gasteiger partial charge in [-0.05, 0) is 31.3 Å². The molecule has 1 fully saturated rings. The topological polar surface area (TPSA) is 76.0 Å². The molecular formula is C11H19ClN4O2S. The van der Waals surface area contributed by atoms with E-state index in [1.165, 1.54) is 10.9 Å². The van der Waals surface area contributed by atoms with Crippen molar-refractivity contribution in [2.45, 2.75) is 24.8 Å². The van der Waals surface area contributed by atoms with Gasteiger partial charge in [0.05, 0.1) is 11.2 Å². The quantitative estimate of drug-likeness (QED) is 0.860. The Morgan fingerprint density at radius 2 is 2.16 bits per heavy atom. The zero-order valence-corrected chi connectivity index (χ0v) is 12.7. The number of sulfonamides is 1. The van der Waals surface area contributed by atoms with Gasteiger partial charge >= 0.3 is 0 Å². The monoisotopic (exact) mass is 306 g/mol. The SMILES string of the molecule is Cn1ncc(Cl)c1S(=O)(=O)NCC1(C)CCNCC1. The first-order chi connectivity index (χ1) is 8.84. The predicted octanol–water partition coefficient (Wildman–Crippen LogP) is 0.742. The highest BCUT2D eigenvalue weighted by atomic mass is 35.5. The Morgan fingerprint density at radius 1 is 1.53 bits per heavy atom. The molecule has 2 rings (SSSR count). The van der Waals surface area contributed by atoms with Gasteiger partial charge < -0.3 is 5.32 Å². The molecule has 0 saturated carbocycles. The summed E-state index contributed by atoms with van der Waals surface area (Å²) in [6.07, 6.45) is 3.24. The molecule has 1 aromatic rings. The van der Waals surface area contributed by atoms with Crippen LogP contribution in [0.15, 0.2) is 11.2 Å². The minimum absolute atomic E-state index is 0.0105. The van der Waals surface area contributed by atoms with Gasteiger partial charge in [0.25, 0.3) is 10.0 Å². The molecule has 0 amide bonds. The molecule has 0 aliphatic carbocycles. The second-order valence-corrected chi connectivity index (χ2v) is 7.40. The van der Waals surface area contributed by atoms with Gasteiger partial charge in [0.2, 0.25) is 0 Å². The average Bonchev–Trinajstić information content (AvgIpc) is 2.68. The molecule has 6 nitrogen and oxygen atoms in total. The lowest BCUT2D eigenvalue weighted by molar-refractivity contribution is 0.232. The normalized spacial score (nSPS) is 19.5. The molecule has 0 bridgehead atoms. The van der Waals surface area contributed by atoms with Gasteiger partial charge in [0, 0.05) is 13.6 Å². The molecule has 8 heteroatoms. The number of halogens is 1. The molecule has 108 valence electrons. The van der Waals surface area contributed by atoms with Crippen molar-refractivity contribution in [1.82, 2.24) is 19.8 Å². The Labute approximate surface area is 118 Å². The number of hydrogen-bond acceptors (Lipinski definition) is 4. The van der Waals surface area contributed by atoms with E-state index in [0.29, 0.717) is 6.54 Å². The third kappa shape index (κ3) is 3.28. The molecule has 2 heterocycles. The summed E-state index contributed by atoms with van der Waals surface area (Å²) in [4.78, 5) is 0. The molecule has 2 N–H and O–H groups in total. The largest absolute Gasteiger partial charge is 0.317 e. The Hall–Kier alpha value is -0.630. The number of rotatable bonds is 4. The molecule has 0 aromatic carbocycles. The van der Waals surface area contributed by atoms with E-state index < -0.39 is 10.0 Å². The number of aromatic nitrogens is 2. The van der Waals surface area contributed by atoms with Crippen LogP contribution in [0, 0.1) is 5.41 Å². The van der Waals surface area contributed by atoms with E-state index in [1.54, 1.807) is 7.05 Å². The fraction of sp³-hybridized carbons (Fsp3) is 0.727. The molecule has 0 radical (unpaired) electrons. The second kappa shape index (κ2) is 5.40. The van der Waals surface area contributed by atoms with Crippen molar-refractivity contribution in [3.63, 3.8) is 0 Å². The van der Waals surface area contributed by atoms with Gasteiger partial charge in [-0.3, -0.25) is 4.68 Å². The van der Waals surface area contributed by atoms with Gasteiger partial charge in [-0.1, -0.05) is 18.5 Å². The lowest BCUT2D eigenvalue weighted by atomic mass is 9.81. The van der Waals surface area contributed by atoms with Gasteiger partial charge in [0.1, 0.15) is 0 Å². The number of nitrogens with zero attached hydrogens (tertiary/aromatic N) is 2. The fourth-order valence-electron chi connectivity index (χ4n) is 2.25. The molecule has 1 aromatic heterocycles. The Balaban J connectivity index is 2.10. The van der Waals surface area contributed by atoms with Crippen LogP contribution >= 0.6 is 11.6 Å². The van der Waals surface area contributed by atoms with E-state index in [-0.39, 0.29) is 15.5 Å². The van der Waals surface area contributed by atoms with Gasteiger partial charge in [-0.2, -0.15) is 5.10 Å². The molecule has 0 unspecified atom stereocenters. The van der Waals surface area contributed by atoms with Gasteiger partial charge in [-0.25, -0.2) is 13.1 Å². The number of hydrogen-bond donors (Lipinski definition) is 2. The summed E-state index contributed by atoms with van der Waals surface area (Å²) in [5, 5.41) is 7.28. The Morgan fingerprint density at radius 3 is 2.68 bits per heavy atom. The molecule has 1 aliphatic heterocycles. The molecular weight excluding hydrogens is 288 g/mol. The summed E-state index contributed by atoms with van der Waals surface area (Å²) in [6, 6.07) is 0. The molecule has 19 heavy (non-hydrogen) atoms. The van der Waals surface area contributed by atoms with Crippen LogP contribution in [0.4, 0.5) is 0 Å². The lowest BCUT2D eigenvalue weighted by Crippen LogP contribution is -2.43. The maximum atomic E-state index is 12.2. The van der Waals surface area contributed by atoms with Gasteiger partial charge in [0.15, 0.2) is 5.03 Å². The summed E-state index contributed by atoms with van der Waals surface area (Å²) in [5.41, 5.74) is -0.0105. The van der Waals surface area contributed by atoms with E-state index in [2.05, 4.69) is 22.1 Å². The van der Waals surface area contributed by atoms with E-state index in [1.807, 2.05) is 0 Å². The molecule has 0 spiro atoms. The summed E-state index contributed by atoms with van der Waals surface area (Å²) >= 11 is 5.87. The highest BCUT2D eigenvalue weighted by Crippen LogP contribution is 2.28. The van der Waals surface area contributed by atoms with Crippen LogP contribution in [0.1, 0.15) is 19.8 Å². The van der Waals surface area contributed by atoms with Crippen molar-refractivity contribution >= 4 is 21.6 Å². The van der Waals surface area contributed by atoms with E-state index in [0.717, 1.165) is 25.9 Å². The zero-order chi connectivity index (χ0) is 14.1. The average molecular weight is 307 g/mol. The standard InChI is InChI=1S/C11H19ClN4O2S/c1-11(3-5-13-6-4-11)8-15-19(17,18)10-9(12)7-14-16(10)2/h7,13,15H,3-6,8H2,1-2H3.